The van der Waals surface area contributed by atoms with Crippen molar-refractivity contribution in [2.75, 3.05) is 11.9 Å². The molecule has 0 saturated carbocycles. The lowest BCUT2D eigenvalue weighted by Gasteiger charge is -2.05. The molecular formula is C11H12BrNO3. The number of benzene rings is 1. The lowest BCUT2D eigenvalue weighted by Crippen LogP contribution is -2.31. The summed E-state index contributed by atoms with van der Waals surface area (Å²) in [6.07, 6.45) is 0. The Balaban J connectivity index is 2.23. The minimum atomic E-state index is -0.446. The van der Waals surface area contributed by atoms with Crippen molar-refractivity contribution in [1.82, 2.24) is 5.32 Å². The Morgan fingerprint density at radius 2 is 1.94 bits per heavy atom. The molecule has 0 aliphatic carbocycles. The van der Waals surface area contributed by atoms with Crippen molar-refractivity contribution in [3.63, 3.8) is 0 Å². The van der Waals surface area contributed by atoms with E-state index in [0.29, 0.717) is 0 Å². The predicted octanol–water partition coefficient (Wildman–Crippen LogP) is 1.24. The van der Waals surface area contributed by atoms with Crippen molar-refractivity contribution >= 4 is 27.8 Å². The van der Waals surface area contributed by atoms with Gasteiger partial charge < -0.3 is 10.1 Å². The Morgan fingerprint density at radius 1 is 1.25 bits per heavy atom. The van der Waals surface area contributed by atoms with E-state index in [-0.39, 0.29) is 24.4 Å². The van der Waals surface area contributed by atoms with Gasteiger partial charge >= 0.3 is 5.97 Å². The lowest BCUT2D eigenvalue weighted by molar-refractivity contribution is -0.144. The molecule has 0 saturated heterocycles. The van der Waals surface area contributed by atoms with Gasteiger partial charge in [0.1, 0.15) is 13.2 Å². The summed E-state index contributed by atoms with van der Waals surface area (Å²) in [4.78, 5) is 22.0. The number of rotatable bonds is 5. The summed E-state index contributed by atoms with van der Waals surface area (Å²) in [5.74, 6) is -0.685. The second kappa shape index (κ2) is 7.00. The molecule has 0 heterocycles. The van der Waals surface area contributed by atoms with Gasteiger partial charge in [-0.15, -0.1) is 0 Å². The SMILES string of the molecule is O=C(CBr)NCC(=O)OCc1ccccc1. The minimum Gasteiger partial charge on any atom is -0.460 e. The van der Waals surface area contributed by atoms with E-state index in [9.17, 15) is 9.59 Å². The van der Waals surface area contributed by atoms with Gasteiger partial charge in [-0.05, 0) is 5.56 Å². The second-order valence-corrected chi connectivity index (χ2v) is 3.62. The maximum atomic E-state index is 11.2. The molecule has 5 heteroatoms. The van der Waals surface area contributed by atoms with E-state index < -0.39 is 5.97 Å². The van der Waals surface area contributed by atoms with Crippen LogP contribution in [0, 0.1) is 0 Å². The van der Waals surface area contributed by atoms with E-state index in [1.165, 1.54) is 0 Å². The number of carbonyl (C=O) groups is 2. The first-order chi connectivity index (χ1) is 7.72. The molecule has 1 aromatic rings. The third-order valence-electron chi connectivity index (χ3n) is 1.79. The summed E-state index contributed by atoms with van der Waals surface area (Å²) >= 11 is 2.98. The number of hydrogen-bond donors (Lipinski definition) is 1. The van der Waals surface area contributed by atoms with E-state index in [1.54, 1.807) is 0 Å². The topological polar surface area (TPSA) is 55.4 Å². The third-order valence-corrected chi connectivity index (χ3v) is 2.30. The molecule has 0 fully saturated rings. The molecular weight excluding hydrogens is 274 g/mol. The maximum Gasteiger partial charge on any atom is 0.325 e. The molecule has 0 radical (unpaired) electrons. The summed E-state index contributed by atoms with van der Waals surface area (Å²) in [5.41, 5.74) is 0.919. The molecule has 1 aromatic carbocycles. The average Bonchev–Trinajstić information content (AvgIpc) is 2.34. The van der Waals surface area contributed by atoms with Crippen LogP contribution >= 0.6 is 15.9 Å². The number of carbonyl (C=O) groups excluding carboxylic acids is 2. The van der Waals surface area contributed by atoms with Crippen LogP contribution in [0.3, 0.4) is 0 Å². The maximum absolute atomic E-state index is 11.2. The van der Waals surface area contributed by atoms with E-state index in [2.05, 4.69) is 21.2 Å². The molecule has 86 valence electrons. The largest absolute Gasteiger partial charge is 0.460 e. The fourth-order valence-corrected chi connectivity index (χ4v) is 1.21. The van der Waals surface area contributed by atoms with Crippen molar-refractivity contribution in [2.24, 2.45) is 0 Å². The van der Waals surface area contributed by atoms with Crippen LogP contribution in [0.4, 0.5) is 0 Å². The number of amides is 1. The molecule has 1 rings (SSSR count). The second-order valence-electron chi connectivity index (χ2n) is 3.06. The van der Waals surface area contributed by atoms with Crippen LogP contribution in [-0.4, -0.2) is 23.8 Å². The smallest absolute Gasteiger partial charge is 0.325 e. The van der Waals surface area contributed by atoms with Crippen LogP contribution in [0.5, 0.6) is 0 Å². The number of hydrogen-bond acceptors (Lipinski definition) is 3. The summed E-state index contributed by atoms with van der Waals surface area (Å²) in [6, 6.07) is 9.36. The first-order valence-electron chi connectivity index (χ1n) is 4.74. The van der Waals surface area contributed by atoms with Crippen molar-refractivity contribution in [3.8, 4) is 0 Å². The number of halogens is 1. The van der Waals surface area contributed by atoms with Gasteiger partial charge in [0.2, 0.25) is 5.91 Å². The molecule has 16 heavy (non-hydrogen) atoms. The number of esters is 1. The van der Waals surface area contributed by atoms with Gasteiger partial charge in [-0.2, -0.15) is 0 Å². The van der Waals surface area contributed by atoms with Crippen LogP contribution in [0.1, 0.15) is 5.56 Å². The normalized spacial score (nSPS) is 9.56. The summed E-state index contributed by atoms with van der Waals surface area (Å²) in [7, 11) is 0. The van der Waals surface area contributed by atoms with Gasteiger partial charge in [-0.25, -0.2) is 0 Å². The zero-order chi connectivity index (χ0) is 11.8. The van der Waals surface area contributed by atoms with Gasteiger partial charge in [0.25, 0.3) is 0 Å². The highest BCUT2D eigenvalue weighted by Gasteiger charge is 2.05. The lowest BCUT2D eigenvalue weighted by atomic mass is 10.2. The molecule has 0 spiro atoms. The van der Waals surface area contributed by atoms with Crippen molar-refractivity contribution in [1.29, 1.82) is 0 Å². The number of alkyl halides is 1. The van der Waals surface area contributed by atoms with Crippen LogP contribution in [0.15, 0.2) is 30.3 Å². The van der Waals surface area contributed by atoms with Crippen LogP contribution in [0.25, 0.3) is 0 Å². The Bertz CT molecular complexity index is 354. The predicted molar refractivity (Wildman–Crippen MR) is 63.0 cm³/mol. The number of ether oxygens (including phenoxy) is 1. The van der Waals surface area contributed by atoms with Crippen molar-refractivity contribution in [3.05, 3.63) is 35.9 Å². The Morgan fingerprint density at radius 3 is 2.56 bits per heavy atom. The highest BCUT2D eigenvalue weighted by atomic mass is 79.9. The zero-order valence-corrected chi connectivity index (χ0v) is 10.2. The molecule has 1 amide bonds. The molecule has 0 aliphatic heterocycles. The van der Waals surface area contributed by atoms with E-state index in [4.69, 9.17) is 4.74 Å². The zero-order valence-electron chi connectivity index (χ0n) is 8.61. The fourth-order valence-electron chi connectivity index (χ4n) is 1.01. The van der Waals surface area contributed by atoms with Crippen LogP contribution < -0.4 is 5.32 Å². The first-order valence-corrected chi connectivity index (χ1v) is 5.86. The van der Waals surface area contributed by atoms with E-state index in [0.717, 1.165) is 5.56 Å². The molecule has 0 atom stereocenters. The fraction of sp³-hybridized carbons (Fsp3) is 0.273. The van der Waals surface area contributed by atoms with Crippen LogP contribution in [-0.2, 0) is 20.9 Å². The monoisotopic (exact) mass is 285 g/mol. The molecule has 0 unspecified atom stereocenters. The summed E-state index contributed by atoms with van der Waals surface area (Å²) < 4.78 is 4.95. The van der Waals surface area contributed by atoms with Gasteiger partial charge in [0.05, 0.1) is 5.33 Å². The van der Waals surface area contributed by atoms with Gasteiger partial charge in [0, 0.05) is 0 Å². The number of nitrogens with one attached hydrogen (secondary N) is 1. The minimum absolute atomic E-state index is 0.0999. The highest BCUT2D eigenvalue weighted by Crippen LogP contribution is 2.00. The quantitative estimate of drug-likeness (QED) is 0.654. The molecule has 1 N–H and O–H groups in total. The molecule has 0 bridgehead atoms. The van der Waals surface area contributed by atoms with Crippen molar-refractivity contribution in [2.45, 2.75) is 6.61 Å². The van der Waals surface area contributed by atoms with E-state index in [1.807, 2.05) is 30.3 Å². The van der Waals surface area contributed by atoms with Gasteiger partial charge in [-0.1, -0.05) is 46.3 Å². The Kier molecular flexibility index (Phi) is 5.56. The standard InChI is InChI=1S/C11H12BrNO3/c12-6-10(14)13-7-11(15)16-8-9-4-2-1-3-5-9/h1-5H,6-8H2,(H,13,14). The van der Waals surface area contributed by atoms with Gasteiger partial charge in [-0.3, -0.25) is 9.59 Å². The van der Waals surface area contributed by atoms with Crippen LogP contribution in [0.2, 0.25) is 0 Å². The molecule has 4 nitrogen and oxygen atoms in total. The van der Waals surface area contributed by atoms with Crippen molar-refractivity contribution < 1.29 is 14.3 Å². The summed E-state index contributed by atoms with van der Waals surface area (Å²) in [5, 5.41) is 2.59. The van der Waals surface area contributed by atoms with E-state index >= 15 is 0 Å². The summed E-state index contributed by atoms with van der Waals surface area (Å²) in [6.45, 7) is 0.126. The Labute approximate surface area is 102 Å². The van der Waals surface area contributed by atoms with Gasteiger partial charge in [0.15, 0.2) is 0 Å². The molecule has 0 aromatic heterocycles. The third kappa shape index (κ3) is 4.93. The Hall–Kier alpha value is -1.36. The first kappa shape index (κ1) is 12.7. The average molecular weight is 286 g/mol. The highest BCUT2D eigenvalue weighted by molar-refractivity contribution is 9.09. The molecule has 0 aliphatic rings.